The van der Waals surface area contributed by atoms with Gasteiger partial charge < -0.3 is 14.6 Å². The molecular formula is C20H22N2O2S. The number of benzene rings is 1. The molecular weight excluding hydrogens is 332 g/mol. The van der Waals surface area contributed by atoms with Gasteiger partial charge in [0.25, 0.3) is 5.91 Å². The number of aromatic nitrogens is 1. The summed E-state index contributed by atoms with van der Waals surface area (Å²) < 4.78 is 5.55. The van der Waals surface area contributed by atoms with Crippen molar-refractivity contribution < 1.29 is 9.53 Å². The third kappa shape index (κ3) is 2.82. The Labute approximate surface area is 151 Å². The van der Waals surface area contributed by atoms with Gasteiger partial charge in [-0.25, -0.2) is 0 Å². The summed E-state index contributed by atoms with van der Waals surface area (Å²) in [5, 5.41) is 3.17. The van der Waals surface area contributed by atoms with Crippen molar-refractivity contribution in [3.63, 3.8) is 0 Å². The van der Waals surface area contributed by atoms with E-state index in [1.165, 1.54) is 10.4 Å². The lowest BCUT2D eigenvalue weighted by Gasteiger charge is -2.35. The van der Waals surface area contributed by atoms with E-state index in [2.05, 4.69) is 23.4 Å². The van der Waals surface area contributed by atoms with Gasteiger partial charge in [0.1, 0.15) is 11.4 Å². The van der Waals surface area contributed by atoms with Gasteiger partial charge in [-0.15, -0.1) is 11.3 Å². The molecule has 0 radical (unpaired) electrons. The number of H-pyrrole nitrogens is 1. The number of ether oxygens (including phenoxy) is 1. The molecule has 1 N–H and O–H groups in total. The summed E-state index contributed by atoms with van der Waals surface area (Å²) in [6.07, 6.45) is 1.88. The molecule has 0 bridgehead atoms. The molecule has 4 nitrogen and oxygen atoms in total. The molecule has 1 atom stereocenters. The van der Waals surface area contributed by atoms with Gasteiger partial charge in [-0.05, 0) is 55.0 Å². The number of nitrogens with zero attached hydrogens (tertiary/aromatic N) is 1. The zero-order valence-corrected chi connectivity index (χ0v) is 15.4. The minimum Gasteiger partial charge on any atom is -0.494 e. The van der Waals surface area contributed by atoms with E-state index in [-0.39, 0.29) is 11.9 Å². The van der Waals surface area contributed by atoms with Gasteiger partial charge in [0.2, 0.25) is 0 Å². The van der Waals surface area contributed by atoms with E-state index in [1.807, 2.05) is 36.1 Å². The molecule has 3 aromatic rings. The summed E-state index contributed by atoms with van der Waals surface area (Å²) in [6.45, 7) is 5.53. The molecule has 1 aromatic carbocycles. The number of hydrogen-bond donors (Lipinski definition) is 1. The highest BCUT2D eigenvalue weighted by atomic mass is 32.1. The van der Waals surface area contributed by atoms with Gasteiger partial charge in [-0.1, -0.05) is 6.92 Å². The minimum absolute atomic E-state index is 0.0814. The maximum atomic E-state index is 13.1. The van der Waals surface area contributed by atoms with Crippen molar-refractivity contribution in [2.45, 2.75) is 32.7 Å². The lowest BCUT2D eigenvalue weighted by atomic mass is 9.97. The molecule has 130 valence electrons. The minimum atomic E-state index is 0.0814. The van der Waals surface area contributed by atoms with Crippen LogP contribution < -0.4 is 4.74 Å². The molecule has 1 aliphatic heterocycles. The average Bonchev–Trinajstić information content (AvgIpc) is 3.26. The standard InChI is InChI=1S/C20H22N2O2S/c1-3-18-15-8-10-25-19(15)7-9-22(18)20(23)17-11-13-5-6-14(24-4-2)12-16(13)21-17/h5-6,8,10-12,18,21H,3-4,7,9H2,1-2H3. The third-order valence-electron chi connectivity index (χ3n) is 4.88. The van der Waals surface area contributed by atoms with Gasteiger partial charge >= 0.3 is 0 Å². The fourth-order valence-electron chi connectivity index (χ4n) is 3.71. The van der Waals surface area contributed by atoms with Crippen molar-refractivity contribution >= 4 is 28.1 Å². The van der Waals surface area contributed by atoms with Crippen LogP contribution in [0.25, 0.3) is 10.9 Å². The van der Waals surface area contributed by atoms with Crippen molar-refractivity contribution in [3.05, 3.63) is 51.8 Å². The Morgan fingerprint density at radius 3 is 3.00 bits per heavy atom. The van der Waals surface area contributed by atoms with Crippen LogP contribution >= 0.6 is 11.3 Å². The zero-order chi connectivity index (χ0) is 17.4. The number of nitrogens with one attached hydrogen (secondary N) is 1. The Kier molecular flexibility index (Phi) is 4.25. The van der Waals surface area contributed by atoms with Gasteiger partial charge in [-0.2, -0.15) is 0 Å². The molecule has 2 aromatic heterocycles. The van der Waals surface area contributed by atoms with Crippen molar-refractivity contribution in [1.82, 2.24) is 9.88 Å². The topological polar surface area (TPSA) is 45.3 Å². The Bertz CT molecular complexity index is 911. The largest absolute Gasteiger partial charge is 0.494 e. The SMILES string of the molecule is CCOc1ccc2cc(C(=O)N3CCc4sccc4C3CC)[nH]c2c1. The van der Waals surface area contributed by atoms with Crippen LogP contribution in [-0.4, -0.2) is 28.9 Å². The van der Waals surface area contributed by atoms with Crippen LogP contribution in [0, 0.1) is 0 Å². The maximum Gasteiger partial charge on any atom is 0.270 e. The smallest absolute Gasteiger partial charge is 0.270 e. The molecule has 0 saturated heterocycles. The van der Waals surface area contributed by atoms with Crippen LogP contribution in [0.15, 0.2) is 35.7 Å². The van der Waals surface area contributed by atoms with E-state index in [9.17, 15) is 4.79 Å². The number of amides is 1. The average molecular weight is 354 g/mol. The molecule has 1 aliphatic rings. The number of hydrogen-bond acceptors (Lipinski definition) is 3. The Morgan fingerprint density at radius 1 is 1.32 bits per heavy atom. The number of carbonyl (C=O) groups excluding carboxylic acids is 1. The molecule has 1 unspecified atom stereocenters. The predicted molar refractivity (Wildman–Crippen MR) is 102 cm³/mol. The van der Waals surface area contributed by atoms with Crippen molar-refractivity contribution in [2.75, 3.05) is 13.2 Å². The lowest BCUT2D eigenvalue weighted by molar-refractivity contribution is 0.0652. The molecule has 0 fully saturated rings. The van der Waals surface area contributed by atoms with E-state index >= 15 is 0 Å². The monoisotopic (exact) mass is 354 g/mol. The number of rotatable bonds is 4. The van der Waals surface area contributed by atoms with Crippen LogP contribution in [0.2, 0.25) is 0 Å². The molecule has 25 heavy (non-hydrogen) atoms. The maximum absolute atomic E-state index is 13.1. The first kappa shape index (κ1) is 16.2. The molecule has 4 rings (SSSR count). The first-order valence-corrected chi connectivity index (χ1v) is 9.72. The van der Waals surface area contributed by atoms with E-state index in [0.29, 0.717) is 12.3 Å². The van der Waals surface area contributed by atoms with E-state index < -0.39 is 0 Å². The van der Waals surface area contributed by atoms with Gasteiger partial charge in [0, 0.05) is 28.4 Å². The second-order valence-corrected chi connectivity index (χ2v) is 7.34. The fourth-order valence-corrected chi connectivity index (χ4v) is 4.64. The van der Waals surface area contributed by atoms with E-state index in [0.717, 1.165) is 36.0 Å². The number of fused-ring (bicyclic) bond motifs is 2. The normalized spacial score (nSPS) is 16.9. The van der Waals surface area contributed by atoms with Gasteiger partial charge in [0.15, 0.2) is 0 Å². The van der Waals surface area contributed by atoms with Crippen molar-refractivity contribution in [2.24, 2.45) is 0 Å². The highest BCUT2D eigenvalue weighted by molar-refractivity contribution is 7.10. The van der Waals surface area contributed by atoms with Crippen LogP contribution in [0.4, 0.5) is 0 Å². The quantitative estimate of drug-likeness (QED) is 0.733. The van der Waals surface area contributed by atoms with Crippen LogP contribution in [0.1, 0.15) is 47.2 Å². The summed E-state index contributed by atoms with van der Waals surface area (Å²) >= 11 is 1.80. The highest BCUT2D eigenvalue weighted by Crippen LogP contribution is 2.36. The van der Waals surface area contributed by atoms with Crippen LogP contribution in [0.5, 0.6) is 5.75 Å². The Balaban J connectivity index is 1.65. The summed E-state index contributed by atoms with van der Waals surface area (Å²) in [5.74, 6) is 0.904. The number of thiophene rings is 1. The predicted octanol–water partition coefficient (Wildman–Crippen LogP) is 4.78. The van der Waals surface area contributed by atoms with Gasteiger partial charge in [-0.3, -0.25) is 4.79 Å². The Hall–Kier alpha value is -2.27. The second kappa shape index (κ2) is 6.56. The summed E-state index contributed by atoms with van der Waals surface area (Å²) in [4.78, 5) is 19.9. The molecule has 0 spiro atoms. The first-order valence-electron chi connectivity index (χ1n) is 8.84. The molecule has 5 heteroatoms. The third-order valence-corrected chi connectivity index (χ3v) is 5.87. The number of aromatic amines is 1. The van der Waals surface area contributed by atoms with Crippen LogP contribution in [-0.2, 0) is 6.42 Å². The van der Waals surface area contributed by atoms with Crippen LogP contribution in [0.3, 0.4) is 0 Å². The summed E-state index contributed by atoms with van der Waals surface area (Å²) in [7, 11) is 0. The first-order chi connectivity index (χ1) is 12.2. The van der Waals surface area contributed by atoms with Crippen molar-refractivity contribution in [3.8, 4) is 5.75 Å². The molecule has 0 saturated carbocycles. The van der Waals surface area contributed by atoms with Gasteiger partial charge in [0.05, 0.1) is 12.6 Å². The Morgan fingerprint density at radius 2 is 2.20 bits per heavy atom. The molecule has 0 aliphatic carbocycles. The fraction of sp³-hybridized carbons (Fsp3) is 0.350. The summed E-state index contributed by atoms with van der Waals surface area (Å²) in [5.41, 5.74) is 2.92. The number of carbonyl (C=O) groups is 1. The lowest BCUT2D eigenvalue weighted by Crippen LogP contribution is -2.39. The second-order valence-electron chi connectivity index (χ2n) is 6.34. The van der Waals surface area contributed by atoms with Crippen molar-refractivity contribution in [1.29, 1.82) is 0 Å². The van der Waals surface area contributed by atoms with E-state index in [4.69, 9.17) is 4.74 Å². The van der Waals surface area contributed by atoms with E-state index in [1.54, 1.807) is 11.3 Å². The molecule has 3 heterocycles. The highest BCUT2D eigenvalue weighted by Gasteiger charge is 2.31. The zero-order valence-electron chi connectivity index (χ0n) is 14.5. The summed E-state index contributed by atoms with van der Waals surface area (Å²) in [6, 6.07) is 10.2. The molecule has 1 amide bonds.